The maximum absolute atomic E-state index is 5.66. The van der Waals surface area contributed by atoms with Crippen molar-refractivity contribution >= 4 is 5.82 Å². The molecule has 4 heteroatoms. The summed E-state index contributed by atoms with van der Waals surface area (Å²) in [5, 5.41) is 0. The molecule has 0 saturated carbocycles. The number of anilines is 1. The smallest absolute Gasteiger partial charge is 0.127 e. The van der Waals surface area contributed by atoms with Gasteiger partial charge in [0, 0.05) is 11.6 Å². The Bertz CT molecular complexity index is 552. The van der Waals surface area contributed by atoms with Crippen LogP contribution in [0.3, 0.4) is 0 Å². The molecule has 2 aromatic rings. The fraction of sp³-hybridized carbons (Fsp3) is 0.231. The minimum atomic E-state index is 0.475. The maximum atomic E-state index is 5.66. The van der Waals surface area contributed by atoms with E-state index in [4.69, 9.17) is 10.5 Å². The Morgan fingerprint density at radius 3 is 2.47 bits per heavy atom. The molecule has 0 aliphatic heterocycles. The quantitative estimate of drug-likeness (QED) is 0.858. The van der Waals surface area contributed by atoms with Gasteiger partial charge in [-0.1, -0.05) is 0 Å². The first-order chi connectivity index (χ1) is 8.11. The SMILES string of the molecule is COc1cc(C)c(-c2cc(N)ncn2)cc1C. The van der Waals surface area contributed by atoms with E-state index >= 15 is 0 Å². The summed E-state index contributed by atoms with van der Waals surface area (Å²) in [6, 6.07) is 5.83. The summed E-state index contributed by atoms with van der Waals surface area (Å²) in [6.07, 6.45) is 1.48. The first kappa shape index (κ1) is 11.4. The summed E-state index contributed by atoms with van der Waals surface area (Å²) < 4.78 is 5.28. The van der Waals surface area contributed by atoms with Gasteiger partial charge in [0.2, 0.25) is 0 Å². The van der Waals surface area contributed by atoms with Gasteiger partial charge in [-0.15, -0.1) is 0 Å². The Morgan fingerprint density at radius 1 is 1.06 bits per heavy atom. The number of nitrogens with zero attached hydrogens (tertiary/aromatic N) is 2. The summed E-state index contributed by atoms with van der Waals surface area (Å²) in [4.78, 5) is 8.13. The van der Waals surface area contributed by atoms with Gasteiger partial charge in [0.25, 0.3) is 0 Å². The van der Waals surface area contributed by atoms with Crippen molar-refractivity contribution in [2.45, 2.75) is 13.8 Å². The normalized spacial score (nSPS) is 10.3. The molecule has 17 heavy (non-hydrogen) atoms. The predicted molar refractivity (Wildman–Crippen MR) is 67.9 cm³/mol. The Balaban J connectivity index is 2.56. The van der Waals surface area contributed by atoms with Crippen molar-refractivity contribution in [1.82, 2.24) is 9.97 Å². The van der Waals surface area contributed by atoms with Gasteiger partial charge in [-0.25, -0.2) is 9.97 Å². The molecule has 0 fully saturated rings. The van der Waals surface area contributed by atoms with Gasteiger partial charge in [-0.05, 0) is 37.1 Å². The molecule has 88 valence electrons. The molecule has 2 N–H and O–H groups in total. The second kappa shape index (κ2) is 4.41. The van der Waals surface area contributed by atoms with E-state index in [1.54, 1.807) is 13.2 Å². The number of hydrogen-bond donors (Lipinski definition) is 1. The van der Waals surface area contributed by atoms with Crippen molar-refractivity contribution in [3.05, 3.63) is 35.7 Å². The fourth-order valence-corrected chi connectivity index (χ4v) is 1.81. The standard InChI is InChI=1S/C13H15N3O/c1-8-5-12(17-3)9(2)4-10(8)11-6-13(14)16-7-15-11/h4-7H,1-3H3,(H2,14,15,16). The van der Waals surface area contributed by atoms with Crippen LogP contribution in [0.1, 0.15) is 11.1 Å². The molecule has 0 bridgehead atoms. The zero-order valence-corrected chi connectivity index (χ0v) is 10.2. The van der Waals surface area contributed by atoms with Gasteiger partial charge in [0.1, 0.15) is 17.9 Å². The van der Waals surface area contributed by atoms with Crippen LogP contribution in [-0.4, -0.2) is 17.1 Å². The van der Waals surface area contributed by atoms with E-state index in [1.807, 2.05) is 19.9 Å². The summed E-state index contributed by atoms with van der Waals surface area (Å²) in [7, 11) is 1.67. The minimum Gasteiger partial charge on any atom is -0.496 e. The van der Waals surface area contributed by atoms with E-state index in [0.717, 1.165) is 28.1 Å². The Kier molecular flexibility index (Phi) is 2.95. The molecule has 0 atom stereocenters. The average Bonchev–Trinajstić information content (AvgIpc) is 2.31. The van der Waals surface area contributed by atoms with Gasteiger partial charge in [0.05, 0.1) is 12.8 Å². The van der Waals surface area contributed by atoms with Crippen molar-refractivity contribution in [2.75, 3.05) is 12.8 Å². The van der Waals surface area contributed by atoms with E-state index < -0.39 is 0 Å². The lowest BCUT2D eigenvalue weighted by molar-refractivity contribution is 0.411. The van der Waals surface area contributed by atoms with Crippen LogP contribution in [0.4, 0.5) is 5.82 Å². The molecule has 0 aliphatic carbocycles. The number of nitrogens with two attached hydrogens (primary N) is 1. The van der Waals surface area contributed by atoms with Crippen LogP contribution in [0, 0.1) is 13.8 Å². The fourth-order valence-electron chi connectivity index (χ4n) is 1.81. The molecule has 0 radical (unpaired) electrons. The molecule has 1 aromatic carbocycles. The summed E-state index contributed by atoms with van der Waals surface area (Å²) in [6.45, 7) is 4.03. The van der Waals surface area contributed by atoms with E-state index in [-0.39, 0.29) is 0 Å². The largest absolute Gasteiger partial charge is 0.496 e. The summed E-state index contributed by atoms with van der Waals surface area (Å²) in [5.41, 5.74) is 9.73. The molecule has 0 amide bonds. The highest BCUT2D eigenvalue weighted by atomic mass is 16.5. The lowest BCUT2D eigenvalue weighted by Crippen LogP contribution is -1.95. The first-order valence-corrected chi connectivity index (χ1v) is 5.35. The third kappa shape index (κ3) is 2.20. The van der Waals surface area contributed by atoms with Crippen LogP contribution in [0.15, 0.2) is 24.5 Å². The molecular formula is C13H15N3O. The van der Waals surface area contributed by atoms with E-state index in [1.165, 1.54) is 6.33 Å². The van der Waals surface area contributed by atoms with Gasteiger partial charge < -0.3 is 10.5 Å². The zero-order chi connectivity index (χ0) is 12.4. The molecule has 0 aliphatic rings. The van der Waals surface area contributed by atoms with E-state index in [2.05, 4.69) is 16.0 Å². The highest BCUT2D eigenvalue weighted by molar-refractivity contribution is 5.67. The molecular weight excluding hydrogens is 214 g/mol. The van der Waals surface area contributed by atoms with Gasteiger partial charge >= 0.3 is 0 Å². The highest BCUT2D eigenvalue weighted by Crippen LogP contribution is 2.29. The molecule has 1 heterocycles. The van der Waals surface area contributed by atoms with E-state index in [9.17, 15) is 0 Å². The second-order valence-electron chi connectivity index (χ2n) is 3.96. The topological polar surface area (TPSA) is 61.0 Å². The van der Waals surface area contributed by atoms with Crippen LogP contribution in [0.2, 0.25) is 0 Å². The Morgan fingerprint density at radius 2 is 1.82 bits per heavy atom. The Hall–Kier alpha value is -2.10. The van der Waals surface area contributed by atoms with Gasteiger partial charge in [0.15, 0.2) is 0 Å². The lowest BCUT2D eigenvalue weighted by Gasteiger charge is -2.10. The highest BCUT2D eigenvalue weighted by Gasteiger charge is 2.08. The van der Waals surface area contributed by atoms with Crippen LogP contribution < -0.4 is 10.5 Å². The maximum Gasteiger partial charge on any atom is 0.127 e. The second-order valence-corrected chi connectivity index (χ2v) is 3.96. The molecule has 0 unspecified atom stereocenters. The van der Waals surface area contributed by atoms with Crippen molar-refractivity contribution in [2.24, 2.45) is 0 Å². The van der Waals surface area contributed by atoms with Crippen molar-refractivity contribution < 1.29 is 4.74 Å². The molecule has 1 aromatic heterocycles. The van der Waals surface area contributed by atoms with Crippen molar-refractivity contribution in [1.29, 1.82) is 0 Å². The van der Waals surface area contributed by atoms with Gasteiger partial charge in [-0.3, -0.25) is 0 Å². The number of benzene rings is 1. The summed E-state index contributed by atoms with van der Waals surface area (Å²) >= 11 is 0. The van der Waals surface area contributed by atoms with Crippen LogP contribution in [0.5, 0.6) is 5.75 Å². The average molecular weight is 229 g/mol. The predicted octanol–water partition coefficient (Wildman–Crippen LogP) is 2.35. The van der Waals surface area contributed by atoms with Crippen LogP contribution in [0.25, 0.3) is 11.3 Å². The number of ether oxygens (including phenoxy) is 1. The number of methoxy groups -OCH3 is 1. The number of aromatic nitrogens is 2. The monoisotopic (exact) mass is 229 g/mol. The lowest BCUT2D eigenvalue weighted by atomic mass is 10.0. The zero-order valence-electron chi connectivity index (χ0n) is 10.2. The van der Waals surface area contributed by atoms with Crippen molar-refractivity contribution in [3.63, 3.8) is 0 Å². The summed E-state index contributed by atoms with van der Waals surface area (Å²) in [5.74, 6) is 1.36. The minimum absolute atomic E-state index is 0.475. The number of aryl methyl sites for hydroxylation is 2. The number of hydrogen-bond acceptors (Lipinski definition) is 4. The molecule has 0 spiro atoms. The first-order valence-electron chi connectivity index (χ1n) is 5.35. The molecule has 2 rings (SSSR count). The number of nitrogen functional groups attached to an aromatic ring is 1. The molecule has 4 nitrogen and oxygen atoms in total. The van der Waals surface area contributed by atoms with Gasteiger partial charge in [-0.2, -0.15) is 0 Å². The van der Waals surface area contributed by atoms with Crippen LogP contribution >= 0.6 is 0 Å². The van der Waals surface area contributed by atoms with E-state index in [0.29, 0.717) is 5.82 Å². The third-order valence-electron chi connectivity index (χ3n) is 2.71. The third-order valence-corrected chi connectivity index (χ3v) is 2.71. The number of rotatable bonds is 2. The Labute approximate surface area is 100 Å². The van der Waals surface area contributed by atoms with Crippen LogP contribution in [-0.2, 0) is 0 Å². The molecule has 0 saturated heterocycles. The van der Waals surface area contributed by atoms with Crippen molar-refractivity contribution in [3.8, 4) is 17.0 Å².